The minimum absolute atomic E-state index is 0.00478. The number of hydrogen-bond acceptors (Lipinski definition) is 4. The van der Waals surface area contributed by atoms with Gasteiger partial charge in [-0.1, -0.05) is 0 Å². The van der Waals surface area contributed by atoms with E-state index in [-0.39, 0.29) is 38.1 Å². The van der Waals surface area contributed by atoms with Crippen LogP contribution in [-0.2, 0) is 14.3 Å². The zero-order chi connectivity index (χ0) is 16.6. The van der Waals surface area contributed by atoms with Gasteiger partial charge in [0, 0.05) is 19.6 Å². The van der Waals surface area contributed by atoms with Crippen molar-refractivity contribution in [1.29, 1.82) is 0 Å². The summed E-state index contributed by atoms with van der Waals surface area (Å²) < 4.78 is 44.8. The Balaban J connectivity index is 2.25. The number of ether oxygens (including phenoxy) is 2. The lowest BCUT2D eigenvalue weighted by Crippen LogP contribution is -2.46. The molecule has 1 N–H and O–H groups in total. The highest BCUT2D eigenvalue weighted by Crippen LogP contribution is 2.17. The van der Waals surface area contributed by atoms with Crippen LogP contribution in [0.3, 0.4) is 0 Å². The van der Waals surface area contributed by atoms with E-state index in [1.54, 1.807) is 6.92 Å². The van der Waals surface area contributed by atoms with Crippen LogP contribution in [0.15, 0.2) is 0 Å². The minimum Gasteiger partial charge on any atom is -0.450 e. The number of carbonyl (C=O) groups excluding carboxylic acids is 2. The summed E-state index contributed by atoms with van der Waals surface area (Å²) in [5.41, 5.74) is 0. The number of likely N-dealkylation sites (tertiary alicyclic amines) is 1. The average molecular weight is 326 g/mol. The van der Waals surface area contributed by atoms with E-state index in [1.165, 1.54) is 4.90 Å². The van der Waals surface area contributed by atoms with Gasteiger partial charge in [-0.3, -0.25) is 4.79 Å². The van der Waals surface area contributed by atoms with E-state index < -0.39 is 18.9 Å². The maximum Gasteiger partial charge on any atom is 0.411 e. The van der Waals surface area contributed by atoms with Crippen LogP contribution in [0, 0.1) is 5.92 Å². The van der Waals surface area contributed by atoms with E-state index in [1.807, 2.05) is 0 Å². The lowest BCUT2D eigenvalue weighted by Gasteiger charge is -2.31. The van der Waals surface area contributed by atoms with Gasteiger partial charge < -0.3 is 19.7 Å². The molecule has 0 bridgehead atoms. The van der Waals surface area contributed by atoms with Crippen LogP contribution in [-0.4, -0.2) is 62.5 Å². The molecule has 0 spiro atoms. The molecule has 0 aromatic carbocycles. The van der Waals surface area contributed by atoms with Crippen LogP contribution >= 0.6 is 0 Å². The van der Waals surface area contributed by atoms with Gasteiger partial charge in [0.1, 0.15) is 6.61 Å². The number of carbonyl (C=O) groups is 2. The second-order valence-electron chi connectivity index (χ2n) is 4.94. The standard InChI is InChI=1S/C13H21F3N2O4/c1-2-22-12(20)18-6-3-4-10(8-18)11(19)17-5-7-21-9-13(14,15)16/h10H,2-9H2,1H3,(H,17,19). The first-order valence-corrected chi connectivity index (χ1v) is 7.17. The Bertz CT molecular complexity index is 377. The van der Waals surface area contributed by atoms with Gasteiger partial charge in [0.05, 0.1) is 19.1 Å². The van der Waals surface area contributed by atoms with Gasteiger partial charge in [0.25, 0.3) is 0 Å². The van der Waals surface area contributed by atoms with Gasteiger partial charge in [-0.05, 0) is 19.8 Å². The highest BCUT2D eigenvalue weighted by atomic mass is 19.4. The Morgan fingerprint density at radius 3 is 2.73 bits per heavy atom. The monoisotopic (exact) mass is 326 g/mol. The smallest absolute Gasteiger partial charge is 0.411 e. The molecular weight excluding hydrogens is 305 g/mol. The Morgan fingerprint density at radius 1 is 1.36 bits per heavy atom. The van der Waals surface area contributed by atoms with Gasteiger partial charge >= 0.3 is 12.3 Å². The molecule has 0 aliphatic carbocycles. The Hall–Kier alpha value is -1.51. The molecule has 6 nitrogen and oxygen atoms in total. The maximum absolute atomic E-state index is 11.9. The molecule has 128 valence electrons. The van der Waals surface area contributed by atoms with Gasteiger partial charge in [-0.25, -0.2) is 4.79 Å². The van der Waals surface area contributed by atoms with Crippen molar-refractivity contribution in [3.8, 4) is 0 Å². The first kappa shape index (κ1) is 18.5. The lowest BCUT2D eigenvalue weighted by molar-refractivity contribution is -0.173. The van der Waals surface area contributed by atoms with Crippen molar-refractivity contribution in [1.82, 2.24) is 10.2 Å². The van der Waals surface area contributed by atoms with Crippen LogP contribution in [0.1, 0.15) is 19.8 Å². The molecule has 1 unspecified atom stereocenters. The van der Waals surface area contributed by atoms with E-state index >= 15 is 0 Å². The van der Waals surface area contributed by atoms with Crippen molar-refractivity contribution in [3.05, 3.63) is 0 Å². The van der Waals surface area contributed by atoms with Gasteiger partial charge in [0.2, 0.25) is 5.91 Å². The van der Waals surface area contributed by atoms with Crippen LogP contribution in [0.25, 0.3) is 0 Å². The molecule has 0 aromatic heterocycles. The number of nitrogens with one attached hydrogen (secondary N) is 1. The summed E-state index contributed by atoms with van der Waals surface area (Å²) in [6.45, 7) is 1.23. The SMILES string of the molecule is CCOC(=O)N1CCCC(C(=O)NCCOCC(F)(F)F)C1. The zero-order valence-electron chi connectivity index (χ0n) is 12.4. The molecule has 0 aromatic rings. The molecule has 2 amide bonds. The molecule has 22 heavy (non-hydrogen) atoms. The van der Waals surface area contributed by atoms with E-state index in [9.17, 15) is 22.8 Å². The van der Waals surface area contributed by atoms with Gasteiger partial charge in [-0.2, -0.15) is 13.2 Å². The molecule has 0 radical (unpaired) electrons. The summed E-state index contributed by atoms with van der Waals surface area (Å²) in [7, 11) is 0. The second-order valence-corrected chi connectivity index (χ2v) is 4.94. The molecule has 9 heteroatoms. The number of hydrogen-bond donors (Lipinski definition) is 1. The van der Waals surface area contributed by atoms with Gasteiger partial charge in [0.15, 0.2) is 0 Å². The Morgan fingerprint density at radius 2 is 2.09 bits per heavy atom. The molecule has 1 saturated heterocycles. The Labute approximate surface area is 126 Å². The quantitative estimate of drug-likeness (QED) is 0.752. The van der Waals surface area contributed by atoms with Crippen LogP contribution in [0.4, 0.5) is 18.0 Å². The topological polar surface area (TPSA) is 67.9 Å². The van der Waals surface area contributed by atoms with Crippen molar-refractivity contribution in [2.24, 2.45) is 5.92 Å². The van der Waals surface area contributed by atoms with E-state index in [4.69, 9.17) is 4.74 Å². The number of piperidine rings is 1. The number of alkyl halides is 3. The highest BCUT2D eigenvalue weighted by Gasteiger charge is 2.29. The number of halogens is 3. The van der Waals surface area contributed by atoms with Gasteiger partial charge in [-0.15, -0.1) is 0 Å². The second kappa shape index (κ2) is 8.82. The fourth-order valence-electron chi connectivity index (χ4n) is 2.15. The average Bonchev–Trinajstić information content (AvgIpc) is 2.46. The predicted octanol–water partition coefficient (Wildman–Crippen LogP) is 1.55. The summed E-state index contributed by atoms with van der Waals surface area (Å²) >= 11 is 0. The fraction of sp³-hybridized carbons (Fsp3) is 0.846. The molecule has 1 fully saturated rings. The predicted molar refractivity (Wildman–Crippen MR) is 71.2 cm³/mol. The zero-order valence-corrected chi connectivity index (χ0v) is 12.4. The van der Waals surface area contributed by atoms with Crippen molar-refractivity contribution in [2.75, 3.05) is 39.5 Å². The van der Waals surface area contributed by atoms with Crippen LogP contribution in [0.2, 0.25) is 0 Å². The molecule has 1 heterocycles. The fourth-order valence-corrected chi connectivity index (χ4v) is 2.15. The summed E-state index contributed by atoms with van der Waals surface area (Å²) in [4.78, 5) is 25.0. The van der Waals surface area contributed by atoms with Crippen molar-refractivity contribution in [3.63, 3.8) is 0 Å². The van der Waals surface area contributed by atoms with Crippen LogP contribution < -0.4 is 5.32 Å². The lowest BCUT2D eigenvalue weighted by atomic mass is 9.97. The van der Waals surface area contributed by atoms with E-state index in [0.29, 0.717) is 19.4 Å². The van der Waals surface area contributed by atoms with E-state index in [2.05, 4.69) is 10.1 Å². The molecule has 1 atom stereocenters. The largest absolute Gasteiger partial charge is 0.450 e. The summed E-state index contributed by atoms with van der Waals surface area (Å²) in [6.07, 6.45) is -3.51. The third kappa shape index (κ3) is 6.97. The normalized spacial score (nSPS) is 18.9. The van der Waals surface area contributed by atoms with Crippen molar-refractivity contribution < 1.29 is 32.2 Å². The number of amides is 2. The molecule has 1 rings (SSSR count). The van der Waals surface area contributed by atoms with Crippen LogP contribution in [0.5, 0.6) is 0 Å². The molecule has 1 aliphatic heterocycles. The highest BCUT2D eigenvalue weighted by molar-refractivity contribution is 5.79. The maximum atomic E-state index is 11.9. The molecule has 0 saturated carbocycles. The third-order valence-corrected chi connectivity index (χ3v) is 3.13. The summed E-state index contributed by atoms with van der Waals surface area (Å²) in [6, 6.07) is 0. The minimum atomic E-state index is -4.37. The van der Waals surface area contributed by atoms with E-state index in [0.717, 1.165) is 0 Å². The molecule has 1 aliphatic rings. The summed E-state index contributed by atoms with van der Waals surface area (Å²) in [5.74, 6) is -0.662. The summed E-state index contributed by atoms with van der Waals surface area (Å²) in [5, 5.41) is 2.52. The Kier molecular flexibility index (Phi) is 7.43. The first-order valence-electron chi connectivity index (χ1n) is 7.17. The third-order valence-electron chi connectivity index (χ3n) is 3.13. The number of rotatable bonds is 6. The first-order chi connectivity index (χ1) is 10.3. The van der Waals surface area contributed by atoms with Crippen molar-refractivity contribution >= 4 is 12.0 Å². The van der Waals surface area contributed by atoms with Crippen molar-refractivity contribution in [2.45, 2.75) is 25.9 Å². The molecular formula is C13H21F3N2O4. The number of nitrogens with zero attached hydrogens (tertiary/aromatic N) is 1.